The molecule has 0 aliphatic heterocycles. The molecule has 2 aromatic rings. The van der Waals surface area contributed by atoms with Crippen LogP contribution in [0.25, 0.3) is 0 Å². The third-order valence-corrected chi connectivity index (χ3v) is 2.10. The quantitative estimate of drug-likeness (QED) is 0.769. The van der Waals surface area contributed by atoms with Crippen molar-refractivity contribution in [1.82, 2.24) is 9.78 Å². The van der Waals surface area contributed by atoms with Gasteiger partial charge in [-0.2, -0.15) is 0 Å². The van der Waals surface area contributed by atoms with Crippen LogP contribution in [-0.2, 0) is 6.54 Å². The number of nitrogens with two attached hydrogens (primary N) is 1. The van der Waals surface area contributed by atoms with E-state index in [1.807, 2.05) is 0 Å². The highest BCUT2D eigenvalue weighted by Crippen LogP contribution is 2.07. The lowest BCUT2D eigenvalue weighted by molar-refractivity contribution is 0.580. The zero-order chi connectivity index (χ0) is 10.8. The molecule has 5 heteroatoms. The number of benzene rings is 1. The molecule has 0 saturated carbocycles. The Hall–Kier alpha value is -2.04. The van der Waals surface area contributed by atoms with Crippen LogP contribution in [-0.4, -0.2) is 9.78 Å². The highest BCUT2D eigenvalue weighted by atomic mass is 19.1. The van der Waals surface area contributed by atoms with Crippen LogP contribution in [0.5, 0.6) is 0 Å². The molecule has 1 heterocycles. The van der Waals surface area contributed by atoms with Gasteiger partial charge in [-0.15, -0.1) is 0 Å². The molecule has 3 N–H and O–H groups in total. The van der Waals surface area contributed by atoms with Gasteiger partial charge in [0.1, 0.15) is 11.6 Å². The number of nitrogens with one attached hydrogen (secondary N) is 1. The van der Waals surface area contributed by atoms with Crippen molar-refractivity contribution in [3.63, 3.8) is 0 Å². The number of nitrogens with zero attached hydrogens (tertiary/aromatic N) is 1. The highest BCUT2D eigenvalue weighted by Gasteiger charge is 2.04. The molecular weight excluding hydrogens is 197 g/mol. The molecule has 4 nitrogen and oxygen atoms in total. The Morgan fingerprint density at radius 1 is 1.40 bits per heavy atom. The minimum absolute atomic E-state index is 0.155. The molecule has 78 valence electrons. The van der Waals surface area contributed by atoms with Gasteiger partial charge in [-0.1, -0.05) is 18.2 Å². The first-order chi connectivity index (χ1) is 7.16. The van der Waals surface area contributed by atoms with Crippen molar-refractivity contribution < 1.29 is 4.39 Å². The van der Waals surface area contributed by atoms with E-state index < -0.39 is 0 Å². The second-order valence-electron chi connectivity index (χ2n) is 3.23. The van der Waals surface area contributed by atoms with Crippen LogP contribution in [0.15, 0.2) is 35.1 Å². The first-order valence-electron chi connectivity index (χ1n) is 4.45. The van der Waals surface area contributed by atoms with E-state index in [-0.39, 0.29) is 23.7 Å². The van der Waals surface area contributed by atoms with Crippen LogP contribution in [0.1, 0.15) is 5.56 Å². The molecule has 15 heavy (non-hydrogen) atoms. The maximum absolute atomic E-state index is 13.3. The van der Waals surface area contributed by atoms with Gasteiger partial charge in [0.15, 0.2) is 0 Å². The molecule has 0 bridgehead atoms. The van der Waals surface area contributed by atoms with Gasteiger partial charge in [-0.3, -0.25) is 9.89 Å². The molecular formula is C10H10FN3O. The number of anilines is 1. The second-order valence-corrected chi connectivity index (χ2v) is 3.23. The zero-order valence-corrected chi connectivity index (χ0v) is 7.90. The Balaban J connectivity index is 2.34. The van der Waals surface area contributed by atoms with Crippen molar-refractivity contribution in [1.29, 1.82) is 0 Å². The van der Waals surface area contributed by atoms with Crippen molar-refractivity contribution >= 4 is 5.82 Å². The summed E-state index contributed by atoms with van der Waals surface area (Å²) in [5, 5.41) is 2.64. The molecule has 0 saturated heterocycles. The Kier molecular flexibility index (Phi) is 2.29. The molecule has 0 spiro atoms. The highest BCUT2D eigenvalue weighted by molar-refractivity contribution is 5.25. The number of hydrogen-bond donors (Lipinski definition) is 2. The zero-order valence-electron chi connectivity index (χ0n) is 7.90. The van der Waals surface area contributed by atoms with Crippen LogP contribution in [0.4, 0.5) is 10.2 Å². The Labute approximate surface area is 85.1 Å². The molecule has 0 unspecified atom stereocenters. The Morgan fingerprint density at radius 2 is 2.13 bits per heavy atom. The van der Waals surface area contributed by atoms with E-state index in [4.69, 9.17) is 5.73 Å². The molecule has 1 aromatic heterocycles. The molecule has 0 aliphatic carbocycles. The summed E-state index contributed by atoms with van der Waals surface area (Å²) in [5.41, 5.74) is 5.58. The summed E-state index contributed by atoms with van der Waals surface area (Å²) in [6.45, 7) is 0.155. The molecule has 1 aromatic carbocycles. The van der Waals surface area contributed by atoms with Crippen LogP contribution in [0, 0.1) is 5.82 Å². The summed E-state index contributed by atoms with van der Waals surface area (Å²) < 4.78 is 14.5. The predicted octanol–water partition coefficient (Wildman–Crippen LogP) is 0.946. The minimum atomic E-state index is -0.336. The van der Waals surface area contributed by atoms with E-state index in [1.54, 1.807) is 18.2 Å². The number of H-pyrrole nitrogens is 1. The van der Waals surface area contributed by atoms with Gasteiger partial charge in [-0.25, -0.2) is 9.07 Å². The van der Waals surface area contributed by atoms with E-state index in [9.17, 15) is 9.18 Å². The Morgan fingerprint density at radius 3 is 2.73 bits per heavy atom. The fourth-order valence-corrected chi connectivity index (χ4v) is 1.37. The average molecular weight is 207 g/mol. The molecule has 2 rings (SSSR count). The summed E-state index contributed by atoms with van der Waals surface area (Å²) in [6.07, 6.45) is 0. The van der Waals surface area contributed by atoms with Gasteiger partial charge in [0.05, 0.1) is 6.54 Å². The van der Waals surface area contributed by atoms with Gasteiger partial charge < -0.3 is 5.73 Å². The van der Waals surface area contributed by atoms with Gasteiger partial charge in [0.2, 0.25) is 0 Å². The molecule has 0 amide bonds. The van der Waals surface area contributed by atoms with Crippen molar-refractivity contribution in [2.45, 2.75) is 6.54 Å². The van der Waals surface area contributed by atoms with Gasteiger partial charge >= 0.3 is 0 Å². The number of aromatic amines is 1. The number of aromatic nitrogens is 2. The second kappa shape index (κ2) is 3.61. The fraction of sp³-hybridized carbons (Fsp3) is 0.100. The summed E-state index contributed by atoms with van der Waals surface area (Å²) in [4.78, 5) is 11.3. The summed E-state index contributed by atoms with van der Waals surface area (Å²) >= 11 is 0. The average Bonchev–Trinajstić information content (AvgIpc) is 2.49. The normalized spacial score (nSPS) is 10.5. The predicted molar refractivity (Wildman–Crippen MR) is 55.0 cm³/mol. The summed E-state index contributed by atoms with van der Waals surface area (Å²) in [5.74, 6) is -0.0612. The molecule has 0 radical (unpaired) electrons. The molecule has 0 fully saturated rings. The van der Waals surface area contributed by atoms with Crippen molar-refractivity contribution in [3.8, 4) is 0 Å². The first-order valence-corrected chi connectivity index (χ1v) is 4.45. The lowest BCUT2D eigenvalue weighted by Crippen LogP contribution is -2.17. The van der Waals surface area contributed by atoms with Crippen LogP contribution >= 0.6 is 0 Å². The van der Waals surface area contributed by atoms with E-state index in [0.717, 1.165) is 0 Å². The van der Waals surface area contributed by atoms with Crippen LogP contribution in [0.3, 0.4) is 0 Å². The van der Waals surface area contributed by atoms with E-state index >= 15 is 0 Å². The van der Waals surface area contributed by atoms with Gasteiger partial charge in [0.25, 0.3) is 5.56 Å². The number of halogens is 1. The molecule has 0 atom stereocenters. The first kappa shape index (κ1) is 9.51. The van der Waals surface area contributed by atoms with Gasteiger partial charge in [0, 0.05) is 11.6 Å². The third-order valence-electron chi connectivity index (χ3n) is 2.10. The number of nitrogen functional groups attached to an aromatic ring is 1. The maximum atomic E-state index is 13.3. The molecule has 0 aliphatic rings. The van der Waals surface area contributed by atoms with Gasteiger partial charge in [-0.05, 0) is 6.07 Å². The monoisotopic (exact) mass is 207 g/mol. The fourth-order valence-electron chi connectivity index (χ4n) is 1.37. The van der Waals surface area contributed by atoms with E-state index in [0.29, 0.717) is 5.56 Å². The van der Waals surface area contributed by atoms with Crippen molar-refractivity contribution in [2.75, 3.05) is 5.73 Å². The number of hydrogen-bond acceptors (Lipinski definition) is 2. The van der Waals surface area contributed by atoms with Crippen molar-refractivity contribution in [3.05, 3.63) is 52.1 Å². The smallest absolute Gasteiger partial charge is 0.268 e. The lowest BCUT2D eigenvalue weighted by Gasteiger charge is -2.02. The number of rotatable bonds is 2. The van der Waals surface area contributed by atoms with E-state index in [2.05, 4.69) is 5.10 Å². The largest absolute Gasteiger partial charge is 0.384 e. The standard InChI is InChI=1S/C10H10FN3O/c11-8-4-2-1-3-7(8)6-14-10(15)5-9(12)13-14/h1-5,13H,6,12H2. The summed E-state index contributed by atoms with van der Waals surface area (Å²) in [7, 11) is 0. The van der Waals surface area contributed by atoms with Crippen LogP contribution in [0.2, 0.25) is 0 Å². The van der Waals surface area contributed by atoms with E-state index in [1.165, 1.54) is 16.8 Å². The third kappa shape index (κ3) is 1.90. The lowest BCUT2D eigenvalue weighted by atomic mass is 10.2. The topological polar surface area (TPSA) is 63.8 Å². The maximum Gasteiger partial charge on any atom is 0.268 e. The Bertz CT molecular complexity index is 529. The van der Waals surface area contributed by atoms with Crippen molar-refractivity contribution in [2.24, 2.45) is 0 Å². The summed E-state index contributed by atoms with van der Waals surface area (Å²) in [6, 6.07) is 7.56. The van der Waals surface area contributed by atoms with Crippen LogP contribution < -0.4 is 11.3 Å². The SMILES string of the molecule is Nc1cc(=O)n(Cc2ccccc2F)[nH]1. The minimum Gasteiger partial charge on any atom is -0.384 e.